The lowest BCUT2D eigenvalue weighted by atomic mass is 10.2. The van der Waals surface area contributed by atoms with Crippen LogP contribution in [0.5, 0.6) is 0 Å². The number of rotatable bonds is 7. The minimum atomic E-state index is 0.748. The van der Waals surface area contributed by atoms with Crippen molar-refractivity contribution in [2.24, 2.45) is 0 Å². The number of hydrogen-bond acceptors (Lipinski definition) is 7. The van der Waals surface area contributed by atoms with Gasteiger partial charge in [0.2, 0.25) is 0 Å². The van der Waals surface area contributed by atoms with Crippen LogP contribution in [-0.4, -0.2) is 9.97 Å². The largest absolute Gasteiger partial charge is 0.398 e. The van der Waals surface area contributed by atoms with E-state index in [4.69, 9.17) is 10.0 Å². The van der Waals surface area contributed by atoms with Gasteiger partial charge in [0, 0.05) is 40.3 Å². The molecule has 0 atom stereocenters. The minimum absolute atomic E-state index is 0.748. The molecule has 5 nitrogen and oxygen atoms in total. The first-order valence-corrected chi connectivity index (χ1v) is 10.4. The van der Waals surface area contributed by atoms with Crippen LogP contribution >= 0.6 is 23.8 Å². The molecule has 0 aliphatic carbocycles. The van der Waals surface area contributed by atoms with Gasteiger partial charge in [0.05, 0.1) is 28.1 Å². The average molecular weight is 407 g/mol. The van der Waals surface area contributed by atoms with E-state index in [0.717, 1.165) is 37.8 Å². The third-order valence-electron chi connectivity index (χ3n) is 4.02. The summed E-state index contributed by atoms with van der Waals surface area (Å²) in [5, 5.41) is 1.09. The standard InChI is InChI=1S/C21H18N4OS2/c22-18-9-11-23-13-20(18)27-14-15-4-1-7-17(12-15)25-26-28-19-8-2-5-16-6-3-10-24-21(16)19/h1-13,25H,14H2,(H2,22,23). The molecule has 0 spiro atoms. The number of nitrogens with zero attached hydrogens (tertiary/aromatic N) is 2. The maximum Gasteiger partial charge on any atom is 0.0861 e. The number of nitrogens with one attached hydrogen (secondary N) is 1. The molecule has 140 valence electrons. The summed E-state index contributed by atoms with van der Waals surface area (Å²) in [6.07, 6.45) is 5.28. The zero-order chi connectivity index (χ0) is 19.2. The molecular weight excluding hydrogens is 388 g/mol. The number of para-hydroxylation sites is 1. The van der Waals surface area contributed by atoms with Gasteiger partial charge in [0.15, 0.2) is 0 Å². The minimum Gasteiger partial charge on any atom is -0.398 e. The van der Waals surface area contributed by atoms with Gasteiger partial charge in [-0.15, -0.1) is 11.8 Å². The molecule has 7 heteroatoms. The number of hydrogen-bond donors (Lipinski definition) is 2. The van der Waals surface area contributed by atoms with Crippen molar-refractivity contribution in [3.05, 3.63) is 84.8 Å². The second-order valence-corrected chi connectivity index (χ2v) is 7.79. The Hall–Kier alpha value is -2.74. The van der Waals surface area contributed by atoms with E-state index in [0.29, 0.717) is 0 Å². The van der Waals surface area contributed by atoms with Crippen LogP contribution in [0.1, 0.15) is 5.56 Å². The lowest BCUT2D eigenvalue weighted by Crippen LogP contribution is -1.96. The molecule has 0 aliphatic rings. The maximum atomic E-state index is 5.97. The first-order valence-electron chi connectivity index (χ1n) is 8.64. The van der Waals surface area contributed by atoms with Crippen LogP contribution < -0.4 is 11.2 Å². The number of thioether (sulfide) groups is 1. The van der Waals surface area contributed by atoms with Crippen LogP contribution in [0.4, 0.5) is 11.4 Å². The van der Waals surface area contributed by atoms with E-state index >= 15 is 0 Å². The summed E-state index contributed by atoms with van der Waals surface area (Å²) >= 11 is 2.92. The predicted molar refractivity (Wildman–Crippen MR) is 117 cm³/mol. The van der Waals surface area contributed by atoms with Gasteiger partial charge in [-0.25, -0.2) is 0 Å². The maximum absolute atomic E-state index is 5.97. The van der Waals surface area contributed by atoms with Crippen molar-refractivity contribution >= 4 is 46.1 Å². The Morgan fingerprint density at radius 1 is 0.964 bits per heavy atom. The predicted octanol–water partition coefficient (Wildman–Crippen LogP) is 5.56. The van der Waals surface area contributed by atoms with Gasteiger partial charge in [0.25, 0.3) is 0 Å². The molecule has 4 aromatic rings. The Morgan fingerprint density at radius 2 is 1.86 bits per heavy atom. The molecule has 0 saturated carbocycles. The van der Waals surface area contributed by atoms with Gasteiger partial charge in [-0.3, -0.25) is 15.4 Å². The molecule has 0 fully saturated rings. The third kappa shape index (κ3) is 4.56. The fraction of sp³-hybridized carbons (Fsp3) is 0.0476. The molecule has 2 heterocycles. The SMILES string of the molecule is Nc1ccncc1SCc1cccc(NOSc2cccc3cccnc23)c1. The lowest BCUT2D eigenvalue weighted by molar-refractivity contribution is 0.477. The number of nitrogens with two attached hydrogens (primary N) is 1. The highest BCUT2D eigenvalue weighted by Crippen LogP contribution is 2.29. The van der Waals surface area contributed by atoms with Crippen LogP contribution in [-0.2, 0) is 10.0 Å². The average Bonchev–Trinajstić information content (AvgIpc) is 2.74. The van der Waals surface area contributed by atoms with Gasteiger partial charge in [-0.1, -0.05) is 30.3 Å². The molecule has 0 amide bonds. The fourth-order valence-electron chi connectivity index (χ4n) is 2.65. The molecular formula is C21H18N4OS2. The van der Waals surface area contributed by atoms with Crippen LogP contribution in [0, 0.1) is 0 Å². The zero-order valence-electron chi connectivity index (χ0n) is 14.9. The molecule has 0 unspecified atom stereocenters. The van der Waals surface area contributed by atoms with Gasteiger partial charge >= 0.3 is 0 Å². The number of pyridine rings is 2. The summed E-state index contributed by atoms with van der Waals surface area (Å²) in [6.45, 7) is 0. The number of benzene rings is 2. The van der Waals surface area contributed by atoms with Gasteiger partial charge in [0.1, 0.15) is 0 Å². The first-order chi connectivity index (χ1) is 13.8. The van der Waals surface area contributed by atoms with Crippen molar-refractivity contribution in [2.75, 3.05) is 11.2 Å². The van der Waals surface area contributed by atoms with Gasteiger partial charge in [-0.2, -0.15) is 4.28 Å². The Kier molecular flexibility index (Phi) is 5.96. The summed E-state index contributed by atoms with van der Waals surface area (Å²) in [4.78, 5) is 10.5. The van der Waals surface area contributed by atoms with Gasteiger partial charge < -0.3 is 5.73 Å². The van der Waals surface area contributed by atoms with E-state index in [9.17, 15) is 0 Å². The highest BCUT2D eigenvalue weighted by molar-refractivity contribution is 7.98. The lowest BCUT2D eigenvalue weighted by Gasteiger charge is -2.09. The number of fused-ring (bicyclic) bond motifs is 1. The Bertz CT molecular complexity index is 1090. The number of nitrogen functional groups attached to an aromatic ring is 1. The normalized spacial score (nSPS) is 10.9. The summed E-state index contributed by atoms with van der Waals surface area (Å²) in [5.41, 5.74) is 12.7. The van der Waals surface area contributed by atoms with E-state index in [1.54, 1.807) is 30.4 Å². The molecule has 2 aromatic carbocycles. The molecule has 0 aliphatic heterocycles. The van der Waals surface area contributed by atoms with Crippen LogP contribution in [0.3, 0.4) is 0 Å². The monoisotopic (exact) mass is 406 g/mol. The van der Waals surface area contributed by atoms with Crippen molar-refractivity contribution in [3.63, 3.8) is 0 Å². The Morgan fingerprint density at radius 3 is 2.79 bits per heavy atom. The smallest absolute Gasteiger partial charge is 0.0861 e. The van der Waals surface area contributed by atoms with E-state index in [1.807, 2.05) is 48.5 Å². The highest BCUT2D eigenvalue weighted by atomic mass is 32.2. The molecule has 28 heavy (non-hydrogen) atoms. The summed E-state index contributed by atoms with van der Waals surface area (Å²) < 4.78 is 5.64. The van der Waals surface area contributed by atoms with Crippen LogP contribution in [0.25, 0.3) is 10.9 Å². The second kappa shape index (κ2) is 8.97. The van der Waals surface area contributed by atoms with E-state index in [1.165, 1.54) is 17.6 Å². The van der Waals surface area contributed by atoms with Crippen LogP contribution in [0.15, 0.2) is 89.0 Å². The number of aromatic nitrogens is 2. The number of anilines is 2. The van der Waals surface area contributed by atoms with Gasteiger partial charge in [-0.05, 0) is 35.9 Å². The van der Waals surface area contributed by atoms with Crippen LogP contribution in [0.2, 0.25) is 0 Å². The zero-order valence-corrected chi connectivity index (χ0v) is 16.5. The quantitative estimate of drug-likeness (QED) is 0.237. The van der Waals surface area contributed by atoms with E-state index in [2.05, 4.69) is 27.6 Å². The Labute approximate surface area is 171 Å². The molecule has 3 N–H and O–H groups in total. The topological polar surface area (TPSA) is 73.1 Å². The molecule has 0 bridgehead atoms. The van der Waals surface area contributed by atoms with Crippen molar-refractivity contribution < 1.29 is 4.28 Å². The first kappa shape index (κ1) is 18.6. The van der Waals surface area contributed by atoms with E-state index in [-0.39, 0.29) is 0 Å². The van der Waals surface area contributed by atoms with Crippen molar-refractivity contribution in [1.82, 2.24) is 9.97 Å². The third-order valence-corrected chi connectivity index (χ3v) is 5.83. The van der Waals surface area contributed by atoms with Crippen molar-refractivity contribution in [2.45, 2.75) is 15.5 Å². The molecule has 2 aromatic heterocycles. The molecule has 4 rings (SSSR count). The molecule has 0 radical (unpaired) electrons. The summed E-state index contributed by atoms with van der Waals surface area (Å²) in [6, 6.07) is 19.9. The molecule has 0 saturated heterocycles. The fourth-order valence-corrected chi connectivity index (χ4v) is 4.14. The summed E-state index contributed by atoms with van der Waals surface area (Å²) in [5.74, 6) is 0.797. The Balaban J connectivity index is 1.36. The van der Waals surface area contributed by atoms with Crippen molar-refractivity contribution in [1.29, 1.82) is 0 Å². The van der Waals surface area contributed by atoms with E-state index < -0.39 is 0 Å². The highest BCUT2D eigenvalue weighted by Gasteiger charge is 2.05. The van der Waals surface area contributed by atoms with Crippen molar-refractivity contribution in [3.8, 4) is 0 Å². The second-order valence-electron chi connectivity index (χ2n) is 6.00. The summed E-state index contributed by atoms with van der Waals surface area (Å²) in [7, 11) is 0.